The van der Waals surface area contributed by atoms with E-state index in [1.165, 1.54) is 0 Å². The van der Waals surface area contributed by atoms with E-state index in [0.717, 1.165) is 49.2 Å². The number of aryl methyl sites for hydroxylation is 3. The van der Waals surface area contributed by atoms with Gasteiger partial charge in [-0.25, -0.2) is 9.97 Å². The van der Waals surface area contributed by atoms with Gasteiger partial charge < -0.3 is 10.2 Å². The van der Waals surface area contributed by atoms with Gasteiger partial charge in [0.1, 0.15) is 0 Å². The second kappa shape index (κ2) is 7.21. The Balaban J connectivity index is 1.79. The van der Waals surface area contributed by atoms with Crippen LogP contribution < -0.4 is 10.2 Å². The van der Waals surface area contributed by atoms with E-state index in [0.29, 0.717) is 11.5 Å². The zero-order valence-electron chi connectivity index (χ0n) is 15.4. The lowest BCUT2D eigenvalue weighted by Crippen LogP contribution is -2.32. The van der Waals surface area contributed by atoms with E-state index in [2.05, 4.69) is 27.3 Å². The summed E-state index contributed by atoms with van der Waals surface area (Å²) in [6.45, 7) is 4.79. The van der Waals surface area contributed by atoms with Crippen molar-refractivity contribution in [3.05, 3.63) is 34.9 Å². The molecule has 2 heterocycles. The molecular weight excluding hydrogens is 316 g/mol. The molecule has 1 aliphatic rings. The number of aromatic nitrogens is 4. The van der Waals surface area contributed by atoms with Gasteiger partial charge in [0.25, 0.3) is 5.91 Å². The van der Waals surface area contributed by atoms with Crippen molar-refractivity contribution in [2.45, 2.75) is 52.1 Å². The van der Waals surface area contributed by atoms with Crippen LogP contribution in [0.3, 0.4) is 0 Å². The standard InChI is InChI=1S/C18H26N6O/c1-5-9-24-11-14(12(2)22-24)17(25)20-15-7-6-8-16-13(15)10-19-18(21-16)23(3)4/h10-11,15H,5-9H2,1-4H3,(H,20,25). The minimum Gasteiger partial charge on any atom is -0.347 e. The molecule has 0 radical (unpaired) electrons. The molecule has 2 aromatic rings. The second-order valence-corrected chi connectivity index (χ2v) is 6.78. The highest BCUT2D eigenvalue weighted by Crippen LogP contribution is 2.29. The predicted molar refractivity (Wildman–Crippen MR) is 96.8 cm³/mol. The summed E-state index contributed by atoms with van der Waals surface area (Å²) in [6, 6.07) is -0.0404. The smallest absolute Gasteiger partial charge is 0.255 e. The monoisotopic (exact) mass is 342 g/mol. The summed E-state index contributed by atoms with van der Waals surface area (Å²) in [6.07, 6.45) is 7.53. The van der Waals surface area contributed by atoms with Gasteiger partial charge in [-0.05, 0) is 32.6 Å². The van der Waals surface area contributed by atoms with E-state index in [1.54, 1.807) is 0 Å². The summed E-state index contributed by atoms with van der Waals surface area (Å²) in [5, 5.41) is 7.57. The van der Waals surface area contributed by atoms with Crippen LogP contribution in [0.2, 0.25) is 0 Å². The zero-order chi connectivity index (χ0) is 18.0. The third-order valence-electron chi connectivity index (χ3n) is 4.52. The number of amides is 1. The number of fused-ring (bicyclic) bond motifs is 1. The molecule has 1 amide bonds. The molecule has 0 saturated heterocycles. The normalized spacial score (nSPS) is 16.4. The Labute approximate surface area is 148 Å². The molecular formula is C18H26N6O. The summed E-state index contributed by atoms with van der Waals surface area (Å²) in [5.41, 5.74) is 3.48. The molecule has 0 saturated carbocycles. The van der Waals surface area contributed by atoms with Crippen molar-refractivity contribution in [2.75, 3.05) is 19.0 Å². The molecule has 0 spiro atoms. The van der Waals surface area contributed by atoms with Gasteiger partial charge in [-0.1, -0.05) is 6.92 Å². The number of carbonyl (C=O) groups is 1. The largest absolute Gasteiger partial charge is 0.347 e. The first-order chi connectivity index (χ1) is 12.0. The fraction of sp³-hybridized carbons (Fsp3) is 0.556. The summed E-state index contributed by atoms with van der Waals surface area (Å²) < 4.78 is 1.84. The first-order valence-electron chi connectivity index (χ1n) is 8.87. The highest BCUT2D eigenvalue weighted by molar-refractivity contribution is 5.95. The van der Waals surface area contributed by atoms with Crippen molar-refractivity contribution >= 4 is 11.9 Å². The SMILES string of the molecule is CCCn1cc(C(=O)NC2CCCc3nc(N(C)C)ncc32)c(C)n1. The Morgan fingerprint density at radius 3 is 2.96 bits per heavy atom. The van der Waals surface area contributed by atoms with Crippen LogP contribution in [0.5, 0.6) is 0 Å². The number of hydrogen-bond donors (Lipinski definition) is 1. The van der Waals surface area contributed by atoms with Crippen LogP contribution in [-0.2, 0) is 13.0 Å². The number of rotatable bonds is 5. The van der Waals surface area contributed by atoms with E-state index in [-0.39, 0.29) is 11.9 Å². The average Bonchev–Trinajstić information content (AvgIpc) is 2.95. The maximum Gasteiger partial charge on any atom is 0.255 e. The van der Waals surface area contributed by atoms with Gasteiger partial charge >= 0.3 is 0 Å². The molecule has 1 N–H and O–H groups in total. The fourth-order valence-electron chi connectivity index (χ4n) is 3.22. The highest BCUT2D eigenvalue weighted by atomic mass is 16.1. The topological polar surface area (TPSA) is 75.9 Å². The molecule has 1 unspecified atom stereocenters. The molecule has 3 rings (SSSR count). The molecule has 1 atom stereocenters. The van der Waals surface area contributed by atoms with Crippen LogP contribution in [0.25, 0.3) is 0 Å². The molecule has 7 nitrogen and oxygen atoms in total. The van der Waals surface area contributed by atoms with Crippen molar-refractivity contribution in [1.29, 1.82) is 0 Å². The maximum atomic E-state index is 12.7. The predicted octanol–water partition coefficient (Wildman–Crippen LogP) is 2.26. The Hall–Kier alpha value is -2.44. The van der Waals surface area contributed by atoms with Crippen molar-refractivity contribution in [3.8, 4) is 0 Å². The fourth-order valence-corrected chi connectivity index (χ4v) is 3.22. The molecule has 0 aromatic carbocycles. The second-order valence-electron chi connectivity index (χ2n) is 6.78. The number of carbonyl (C=O) groups excluding carboxylic acids is 1. The third kappa shape index (κ3) is 3.65. The van der Waals surface area contributed by atoms with Gasteiger partial charge in [0.15, 0.2) is 0 Å². The van der Waals surface area contributed by atoms with Crippen LogP contribution in [-0.4, -0.2) is 39.8 Å². The summed E-state index contributed by atoms with van der Waals surface area (Å²) >= 11 is 0. The number of anilines is 1. The average molecular weight is 342 g/mol. The van der Waals surface area contributed by atoms with Crippen LogP contribution in [0.15, 0.2) is 12.4 Å². The van der Waals surface area contributed by atoms with Crippen molar-refractivity contribution in [1.82, 2.24) is 25.1 Å². The maximum absolute atomic E-state index is 12.7. The number of nitrogens with zero attached hydrogens (tertiary/aromatic N) is 5. The van der Waals surface area contributed by atoms with Crippen LogP contribution in [0, 0.1) is 6.92 Å². The van der Waals surface area contributed by atoms with Gasteiger partial charge in [-0.2, -0.15) is 5.10 Å². The Kier molecular flexibility index (Phi) is 5.01. The van der Waals surface area contributed by atoms with E-state index >= 15 is 0 Å². The van der Waals surface area contributed by atoms with E-state index in [4.69, 9.17) is 0 Å². The Morgan fingerprint density at radius 1 is 1.44 bits per heavy atom. The lowest BCUT2D eigenvalue weighted by Gasteiger charge is -2.26. The zero-order valence-corrected chi connectivity index (χ0v) is 15.4. The van der Waals surface area contributed by atoms with E-state index in [1.807, 2.05) is 43.0 Å². The molecule has 25 heavy (non-hydrogen) atoms. The van der Waals surface area contributed by atoms with E-state index < -0.39 is 0 Å². The molecule has 134 valence electrons. The first-order valence-corrected chi connectivity index (χ1v) is 8.87. The van der Waals surface area contributed by atoms with Gasteiger partial charge in [0, 0.05) is 38.6 Å². The minimum absolute atomic E-state index is 0.0404. The van der Waals surface area contributed by atoms with Crippen LogP contribution in [0.4, 0.5) is 5.95 Å². The van der Waals surface area contributed by atoms with Gasteiger partial charge in [-0.3, -0.25) is 9.48 Å². The Morgan fingerprint density at radius 2 is 2.24 bits per heavy atom. The molecule has 2 aromatic heterocycles. The van der Waals surface area contributed by atoms with Crippen molar-refractivity contribution in [3.63, 3.8) is 0 Å². The molecule has 1 aliphatic carbocycles. The minimum atomic E-state index is -0.0746. The number of hydrogen-bond acceptors (Lipinski definition) is 5. The van der Waals surface area contributed by atoms with Crippen molar-refractivity contribution < 1.29 is 4.79 Å². The highest BCUT2D eigenvalue weighted by Gasteiger charge is 2.25. The molecule has 0 fully saturated rings. The Bertz CT molecular complexity index is 767. The number of nitrogens with one attached hydrogen (secondary N) is 1. The first kappa shape index (κ1) is 17.4. The third-order valence-corrected chi connectivity index (χ3v) is 4.52. The molecule has 7 heteroatoms. The lowest BCUT2D eigenvalue weighted by atomic mass is 9.92. The molecule has 0 bridgehead atoms. The quantitative estimate of drug-likeness (QED) is 0.902. The summed E-state index contributed by atoms with van der Waals surface area (Å²) in [7, 11) is 3.86. The van der Waals surface area contributed by atoms with Gasteiger partial charge in [0.2, 0.25) is 5.95 Å². The summed E-state index contributed by atoms with van der Waals surface area (Å²) in [5.74, 6) is 0.636. The lowest BCUT2D eigenvalue weighted by molar-refractivity contribution is 0.0932. The van der Waals surface area contributed by atoms with Gasteiger partial charge in [0.05, 0.1) is 23.0 Å². The molecule has 0 aliphatic heterocycles. The summed E-state index contributed by atoms with van der Waals surface area (Å²) in [4.78, 5) is 23.7. The van der Waals surface area contributed by atoms with Gasteiger partial charge in [-0.15, -0.1) is 0 Å². The van der Waals surface area contributed by atoms with Crippen LogP contribution >= 0.6 is 0 Å². The van der Waals surface area contributed by atoms with Crippen LogP contribution in [0.1, 0.15) is 59.5 Å². The van der Waals surface area contributed by atoms with E-state index in [9.17, 15) is 4.79 Å². The van der Waals surface area contributed by atoms with Crippen molar-refractivity contribution in [2.24, 2.45) is 0 Å².